The molecule has 24 heavy (non-hydrogen) atoms. The van der Waals surface area contributed by atoms with Gasteiger partial charge in [-0.2, -0.15) is 0 Å². The molecule has 2 aromatic carbocycles. The first kappa shape index (κ1) is 17.6. The molecule has 0 unspecified atom stereocenters. The summed E-state index contributed by atoms with van der Waals surface area (Å²) in [5.74, 6) is -0.407. The van der Waals surface area contributed by atoms with E-state index < -0.39 is 10.8 Å². The molecule has 0 radical (unpaired) electrons. The molecule has 0 heterocycles. The van der Waals surface area contributed by atoms with E-state index in [-0.39, 0.29) is 18.0 Å². The Morgan fingerprint density at radius 1 is 1.29 bits per heavy atom. The Morgan fingerprint density at radius 2 is 2.00 bits per heavy atom. The first-order chi connectivity index (χ1) is 11.4. The number of nitro groups is 1. The van der Waals surface area contributed by atoms with E-state index >= 15 is 0 Å². The second-order valence-electron chi connectivity index (χ2n) is 5.12. The maximum Gasteiger partial charge on any atom is 0.310 e. The zero-order valence-electron chi connectivity index (χ0n) is 13.2. The van der Waals surface area contributed by atoms with Crippen LogP contribution in [0.3, 0.4) is 0 Å². The van der Waals surface area contributed by atoms with Crippen LogP contribution in [0, 0.1) is 10.1 Å². The van der Waals surface area contributed by atoms with Gasteiger partial charge in [-0.3, -0.25) is 14.9 Å². The van der Waals surface area contributed by atoms with Gasteiger partial charge < -0.3 is 15.0 Å². The van der Waals surface area contributed by atoms with E-state index in [2.05, 4.69) is 5.32 Å². The Labute approximate surface area is 143 Å². The number of amides is 1. The van der Waals surface area contributed by atoms with E-state index in [0.717, 1.165) is 5.69 Å². The summed E-state index contributed by atoms with van der Waals surface area (Å²) in [4.78, 5) is 24.3. The number of carbonyl (C=O) groups is 1. The molecule has 1 N–H and O–H groups in total. The number of nitrogens with one attached hydrogen (secondary N) is 1. The third-order valence-electron chi connectivity index (χ3n) is 3.14. The van der Waals surface area contributed by atoms with E-state index in [1.54, 1.807) is 24.3 Å². The summed E-state index contributed by atoms with van der Waals surface area (Å²) in [5.41, 5.74) is 1.11. The maximum absolute atomic E-state index is 12.1. The van der Waals surface area contributed by atoms with Crippen LogP contribution in [0.5, 0.6) is 5.75 Å². The molecule has 0 aliphatic heterocycles. The quantitative estimate of drug-likeness (QED) is 0.638. The smallest absolute Gasteiger partial charge is 0.310 e. The number of halogens is 1. The van der Waals surface area contributed by atoms with E-state index in [9.17, 15) is 14.9 Å². The zero-order chi connectivity index (χ0) is 17.7. The van der Waals surface area contributed by atoms with E-state index in [1.165, 1.54) is 18.2 Å². The molecule has 0 saturated heterocycles. The number of para-hydroxylation sites is 2. The van der Waals surface area contributed by atoms with Crippen molar-refractivity contribution in [2.24, 2.45) is 0 Å². The van der Waals surface area contributed by atoms with Gasteiger partial charge in [-0.25, -0.2) is 0 Å². The highest BCUT2D eigenvalue weighted by atomic mass is 35.5. The van der Waals surface area contributed by atoms with Crippen LogP contribution in [0.2, 0.25) is 5.02 Å². The predicted octanol–water partition coefficient (Wildman–Crippen LogP) is 3.33. The Hall–Kier alpha value is -2.80. The van der Waals surface area contributed by atoms with Gasteiger partial charge >= 0.3 is 5.69 Å². The van der Waals surface area contributed by atoms with Crippen LogP contribution in [-0.2, 0) is 4.79 Å². The molecular weight excluding hydrogens is 334 g/mol. The number of hydrogen-bond acceptors (Lipinski definition) is 5. The van der Waals surface area contributed by atoms with Gasteiger partial charge in [0.1, 0.15) is 0 Å². The number of ether oxygens (including phenoxy) is 1. The Morgan fingerprint density at radius 3 is 2.67 bits per heavy atom. The van der Waals surface area contributed by atoms with Gasteiger partial charge in [-0.1, -0.05) is 23.7 Å². The van der Waals surface area contributed by atoms with Crippen LogP contribution in [0.15, 0.2) is 42.5 Å². The minimum Gasteiger partial charge on any atom is -0.477 e. The van der Waals surface area contributed by atoms with Crippen molar-refractivity contribution in [1.29, 1.82) is 0 Å². The van der Waals surface area contributed by atoms with Crippen molar-refractivity contribution in [3.8, 4) is 5.75 Å². The Bertz CT molecular complexity index is 765. The molecule has 2 rings (SSSR count). The van der Waals surface area contributed by atoms with E-state index in [0.29, 0.717) is 10.7 Å². The van der Waals surface area contributed by atoms with Crippen LogP contribution in [-0.4, -0.2) is 31.5 Å². The van der Waals surface area contributed by atoms with Gasteiger partial charge in [0.05, 0.1) is 16.3 Å². The topological polar surface area (TPSA) is 84.7 Å². The number of nitrogens with zero attached hydrogens (tertiary/aromatic N) is 2. The molecule has 0 bridgehead atoms. The monoisotopic (exact) mass is 349 g/mol. The van der Waals surface area contributed by atoms with Crippen molar-refractivity contribution in [1.82, 2.24) is 0 Å². The SMILES string of the molecule is CN(C)c1ccc(Cl)cc1NC(=O)COc1ccccc1[N+](=O)[O-]. The average Bonchev–Trinajstić information content (AvgIpc) is 2.53. The molecule has 0 fully saturated rings. The fourth-order valence-electron chi connectivity index (χ4n) is 2.06. The minimum absolute atomic E-state index is 0.0385. The largest absolute Gasteiger partial charge is 0.477 e. The Balaban J connectivity index is 2.07. The van der Waals surface area contributed by atoms with Gasteiger partial charge in [0.25, 0.3) is 5.91 Å². The lowest BCUT2D eigenvalue weighted by Gasteiger charge is -2.18. The van der Waals surface area contributed by atoms with Gasteiger partial charge in [-0.05, 0) is 24.3 Å². The zero-order valence-corrected chi connectivity index (χ0v) is 13.9. The Kier molecular flexibility index (Phi) is 5.59. The molecule has 0 spiro atoms. The molecule has 2 aromatic rings. The molecule has 0 saturated carbocycles. The van der Waals surface area contributed by atoms with Crippen molar-refractivity contribution in [2.75, 3.05) is 30.9 Å². The predicted molar refractivity (Wildman–Crippen MR) is 93.0 cm³/mol. The van der Waals surface area contributed by atoms with Crippen molar-refractivity contribution in [2.45, 2.75) is 0 Å². The number of carbonyl (C=O) groups excluding carboxylic acids is 1. The lowest BCUT2D eigenvalue weighted by atomic mass is 10.2. The van der Waals surface area contributed by atoms with Gasteiger partial charge in [-0.15, -0.1) is 0 Å². The second-order valence-corrected chi connectivity index (χ2v) is 5.55. The van der Waals surface area contributed by atoms with E-state index in [4.69, 9.17) is 16.3 Å². The fraction of sp³-hybridized carbons (Fsp3) is 0.188. The van der Waals surface area contributed by atoms with Crippen LogP contribution in [0.25, 0.3) is 0 Å². The highest BCUT2D eigenvalue weighted by Gasteiger charge is 2.16. The molecular formula is C16H16ClN3O4. The summed E-state index contributed by atoms with van der Waals surface area (Å²) < 4.78 is 5.26. The molecule has 0 aliphatic rings. The number of rotatable bonds is 6. The molecule has 0 aromatic heterocycles. The van der Waals surface area contributed by atoms with Crippen LogP contribution < -0.4 is 15.0 Å². The minimum atomic E-state index is -0.561. The van der Waals surface area contributed by atoms with Crippen LogP contribution in [0.4, 0.5) is 17.1 Å². The molecule has 1 amide bonds. The normalized spacial score (nSPS) is 10.1. The summed E-state index contributed by atoms with van der Waals surface area (Å²) in [6, 6.07) is 11.0. The highest BCUT2D eigenvalue weighted by molar-refractivity contribution is 6.31. The first-order valence-electron chi connectivity index (χ1n) is 7.01. The fourth-order valence-corrected chi connectivity index (χ4v) is 2.23. The number of anilines is 2. The number of benzene rings is 2. The molecule has 0 aliphatic carbocycles. The molecule has 0 atom stereocenters. The highest BCUT2D eigenvalue weighted by Crippen LogP contribution is 2.28. The van der Waals surface area contributed by atoms with Crippen molar-refractivity contribution >= 4 is 34.6 Å². The van der Waals surface area contributed by atoms with Crippen molar-refractivity contribution in [3.63, 3.8) is 0 Å². The van der Waals surface area contributed by atoms with Gasteiger partial charge in [0, 0.05) is 25.2 Å². The van der Waals surface area contributed by atoms with E-state index in [1.807, 2.05) is 19.0 Å². The standard InChI is InChI=1S/C16H16ClN3O4/c1-19(2)13-8-7-11(17)9-12(13)18-16(21)10-24-15-6-4-3-5-14(15)20(22)23/h3-9H,10H2,1-2H3,(H,18,21). The third-order valence-corrected chi connectivity index (χ3v) is 3.37. The number of nitro benzene ring substituents is 1. The van der Waals surface area contributed by atoms with Gasteiger partial charge in [0.2, 0.25) is 0 Å². The lowest BCUT2D eigenvalue weighted by Crippen LogP contribution is -2.22. The molecule has 8 heteroatoms. The summed E-state index contributed by atoms with van der Waals surface area (Å²) in [7, 11) is 3.67. The summed E-state index contributed by atoms with van der Waals surface area (Å²) in [6.07, 6.45) is 0. The van der Waals surface area contributed by atoms with Crippen LogP contribution in [0.1, 0.15) is 0 Å². The molecule has 7 nitrogen and oxygen atoms in total. The summed E-state index contributed by atoms with van der Waals surface area (Å²) in [6.45, 7) is -0.357. The second kappa shape index (κ2) is 7.65. The first-order valence-corrected chi connectivity index (χ1v) is 7.39. The summed E-state index contributed by atoms with van der Waals surface area (Å²) >= 11 is 5.96. The lowest BCUT2D eigenvalue weighted by molar-refractivity contribution is -0.385. The van der Waals surface area contributed by atoms with Crippen molar-refractivity contribution in [3.05, 3.63) is 57.6 Å². The maximum atomic E-state index is 12.1. The third kappa shape index (κ3) is 4.36. The van der Waals surface area contributed by atoms with Crippen molar-refractivity contribution < 1.29 is 14.5 Å². The average molecular weight is 350 g/mol. The van der Waals surface area contributed by atoms with Gasteiger partial charge in [0.15, 0.2) is 12.4 Å². The molecule has 126 valence electrons. The summed E-state index contributed by atoms with van der Waals surface area (Å²) in [5, 5.41) is 14.1. The van der Waals surface area contributed by atoms with Crippen LogP contribution >= 0.6 is 11.6 Å². The number of hydrogen-bond donors (Lipinski definition) is 1.